The summed E-state index contributed by atoms with van der Waals surface area (Å²) in [5.74, 6) is -3.19. The Bertz CT molecular complexity index is 269. The van der Waals surface area contributed by atoms with Crippen molar-refractivity contribution in [1.29, 1.82) is 0 Å². The first kappa shape index (κ1) is 16.4. The Morgan fingerprint density at radius 1 is 1.44 bits per heavy atom. The number of aliphatic carboxylic acids is 1. The van der Waals surface area contributed by atoms with Gasteiger partial charge in [0.15, 0.2) is 0 Å². The van der Waals surface area contributed by atoms with Crippen LogP contribution in [0.1, 0.15) is 13.3 Å². The van der Waals surface area contributed by atoms with Crippen molar-refractivity contribution in [3.05, 3.63) is 24.7 Å². The van der Waals surface area contributed by atoms with E-state index in [0.717, 1.165) is 6.08 Å². The highest BCUT2D eigenvalue weighted by atomic mass is 16.6. The Morgan fingerprint density at radius 2 is 1.94 bits per heavy atom. The zero-order valence-electron chi connectivity index (χ0n) is 8.66. The van der Waals surface area contributed by atoms with Crippen LogP contribution in [-0.4, -0.2) is 38.7 Å². The standard InChI is InChI=1S/C6H10O3.C3H4O4/c1-3-5(7)9-6(8)4-2;4-1-2(5)3(6)7/h3,6,8H,1,4H2,2H3;1,4-5H,(H,6,7). The average Bonchev–Trinajstić information content (AvgIpc) is 2.28. The van der Waals surface area contributed by atoms with E-state index in [0.29, 0.717) is 6.42 Å². The van der Waals surface area contributed by atoms with E-state index in [2.05, 4.69) is 11.3 Å². The fraction of sp³-hybridized carbons (Fsp3) is 0.333. The number of hydrogen-bond donors (Lipinski definition) is 4. The smallest absolute Gasteiger partial charge is 0.374 e. The molecule has 7 nitrogen and oxygen atoms in total. The summed E-state index contributed by atoms with van der Waals surface area (Å²) in [6, 6.07) is 0. The zero-order valence-corrected chi connectivity index (χ0v) is 8.66. The van der Waals surface area contributed by atoms with Crippen LogP contribution < -0.4 is 0 Å². The minimum Gasteiger partial charge on any atom is -0.511 e. The molecule has 0 bridgehead atoms. The van der Waals surface area contributed by atoms with Crippen LogP contribution in [0.5, 0.6) is 0 Å². The normalized spacial score (nSPS) is 11.8. The molecular formula is C9H14O7. The molecule has 1 unspecified atom stereocenters. The van der Waals surface area contributed by atoms with Crippen molar-refractivity contribution < 1.29 is 34.8 Å². The van der Waals surface area contributed by atoms with Gasteiger partial charge < -0.3 is 25.2 Å². The zero-order chi connectivity index (χ0) is 13.1. The first-order valence-electron chi connectivity index (χ1n) is 4.16. The molecule has 0 amide bonds. The van der Waals surface area contributed by atoms with Gasteiger partial charge in [-0.25, -0.2) is 9.59 Å². The predicted octanol–water partition coefficient (Wildman–Crippen LogP) is 0.472. The molecule has 0 saturated carbocycles. The lowest BCUT2D eigenvalue weighted by Gasteiger charge is -2.05. The van der Waals surface area contributed by atoms with Gasteiger partial charge in [-0.05, 0) is 0 Å². The Hall–Kier alpha value is -2.02. The maximum atomic E-state index is 10.3. The number of carboxylic acids is 1. The van der Waals surface area contributed by atoms with Crippen molar-refractivity contribution in [2.75, 3.05) is 0 Å². The maximum Gasteiger partial charge on any atom is 0.374 e. The molecular weight excluding hydrogens is 220 g/mol. The van der Waals surface area contributed by atoms with Crippen molar-refractivity contribution in [2.45, 2.75) is 19.6 Å². The molecule has 0 heterocycles. The van der Waals surface area contributed by atoms with E-state index in [1.165, 1.54) is 0 Å². The molecule has 0 aromatic carbocycles. The Labute approximate surface area is 91.9 Å². The highest BCUT2D eigenvalue weighted by Crippen LogP contribution is 1.92. The van der Waals surface area contributed by atoms with Crippen molar-refractivity contribution in [1.82, 2.24) is 0 Å². The highest BCUT2D eigenvalue weighted by Gasteiger charge is 2.02. The van der Waals surface area contributed by atoms with E-state index >= 15 is 0 Å². The van der Waals surface area contributed by atoms with Gasteiger partial charge in [-0.1, -0.05) is 13.5 Å². The number of carbonyl (C=O) groups excluding carboxylic acids is 1. The van der Waals surface area contributed by atoms with Crippen LogP contribution in [-0.2, 0) is 14.3 Å². The summed E-state index contributed by atoms with van der Waals surface area (Å²) in [6.45, 7) is 4.87. The van der Waals surface area contributed by atoms with Gasteiger partial charge in [0, 0.05) is 12.5 Å². The van der Waals surface area contributed by atoms with Crippen molar-refractivity contribution in [3.8, 4) is 0 Å². The third kappa shape index (κ3) is 10.1. The molecule has 0 rings (SSSR count). The van der Waals surface area contributed by atoms with E-state index in [9.17, 15) is 9.59 Å². The summed E-state index contributed by atoms with van der Waals surface area (Å²) in [5.41, 5.74) is 0. The lowest BCUT2D eigenvalue weighted by Crippen LogP contribution is -2.14. The molecule has 0 aliphatic carbocycles. The summed E-state index contributed by atoms with van der Waals surface area (Å²) in [5, 5.41) is 32.0. The fourth-order valence-corrected chi connectivity index (χ4v) is 0.321. The number of esters is 1. The van der Waals surface area contributed by atoms with Gasteiger partial charge in [0.2, 0.25) is 12.0 Å². The van der Waals surface area contributed by atoms with E-state index < -0.39 is 24.0 Å². The van der Waals surface area contributed by atoms with E-state index in [4.69, 9.17) is 20.4 Å². The van der Waals surface area contributed by atoms with E-state index in [1.54, 1.807) is 6.92 Å². The topological polar surface area (TPSA) is 124 Å². The van der Waals surface area contributed by atoms with Gasteiger partial charge in [-0.2, -0.15) is 0 Å². The largest absolute Gasteiger partial charge is 0.511 e. The number of aliphatic hydroxyl groups is 3. The molecule has 0 aromatic rings. The van der Waals surface area contributed by atoms with Gasteiger partial charge >= 0.3 is 11.9 Å². The second-order valence-electron chi connectivity index (χ2n) is 2.32. The average molecular weight is 234 g/mol. The number of ether oxygens (including phenoxy) is 1. The van der Waals surface area contributed by atoms with Crippen LogP contribution in [0.3, 0.4) is 0 Å². The van der Waals surface area contributed by atoms with Crippen molar-refractivity contribution in [3.63, 3.8) is 0 Å². The molecule has 7 heteroatoms. The third-order valence-electron chi connectivity index (χ3n) is 1.11. The number of hydrogen-bond acceptors (Lipinski definition) is 6. The van der Waals surface area contributed by atoms with Crippen LogP contribution in [0, 0.1) is 0 Å². The molecule has 16 heavy (non-hydrogen) atoms. The van der Waals surface area contributed by atoms with Crippen LogP contribution in [0.4, 0.5) is 0 Å². The molecule has 0 radical (unpaired) electrons. The predicted molar refractivity (Wildman–Crippen MR) is 53.6 cm³/mol. The van der Waals surface area contributed by atoms with Gasteiger partial charge in [-0.15, -0.1) is 0 Å². The summed E-state index contributed by atoms with van der Waals surface area (Å²) in [6.07, 6.45) is 0.538. The molecule has 1 atom stereocenters. The summed E-state index contributed by atoms with van der Waals surface area (Å²) in [7, 11) is 0. The Balaban J connectivity index is 0. The summed E-state index contributed by atoms with van der Waals surface area (Å²) in [4.78, 5) is 19.7. The van der Waals surface area contributed by atoms with Crippen molar-refractivity contribution in [2.24, 2.45) is 0 Å². The Kier molecular flexibility index (Phi) is 9.78. The molecule has 0 aliphatic heterocycles. The molecule has 92 valence electrons. The number of rotatable bonds is 4. The highest BCUT2D eigenvalue weighted by molar-refractivity contribution is 5.83. The lowest BCUT2D eigenvalue weighted by molar-refractivity contribution is -0.161. The summed E-state index contributed by atoms with van der Waals surface area (Å²) >= 11 is 0. The first-order valence-corrected chi connectivity index (χ1v) is 4.16. The SMILES string of the molecule is C=CC(=O)OC(O)CC.O=C(O)C(O)=CO. The molecule has 0 spiro atoms. The van der Waals surface area contributed by atoms with Crippen molar-refractivity contribution >= 4 is 11.9 Å². The van der Waals surface area contributed by atoms with Crippen LogP contribution in [0.25, 0.3) is 0 Å². The molecule has 0 aliphatic rings. The minimum atomic E-state index is -1.54. The van der Waals surface area contributed by atoms with Crippen LogP contribution in [0.15, 0.2) is 24.7 Å². The Morgan fingerprint density at radius 3 is 2.12 bits per heavy atom. The van der Waals surface area contributed by atoms with Gasteiger partial charge in [0.05, 0.1) is 0 Å². The molecule has 0 aromatic heterocycles. The summed E-state index contributed by atoms with van der Waals surface area (Å²) < 4.78 is 4.35. The molecule has 4 N–H and O–H groups in total. The first-order chi connectivity index (χ1) is 7.38. The van der Waals surface area contributed by atoms with E-state index in [1.807, 2.05) is 0 Å². The van der Waals surface area contributed by atoms with Gasteiger partial charge in [0.1, 0.15) is 6.26 Å². The minimum absolute atomic E-state index is 0.113. The van der Waals surface area contributed by atoms with Gasteiger partial charge in [-0.3, -0.25) is 0 Å². The second kappa shape index (κ2) is 9.53. The third-order valence-corrected chi connectivity index (χ3v) is 1.11. The van der Waals surface area contributed by atoms with Crippen LogP contribution >= 0.6 is 0 Å². The molecule has 0 saturated heterocycles. The van der Waals surface area contributed by atoms with E-state index in [-0.39, 0.29) is 6.26 Å². The number of carboxylic acid groups (broad SMARTS) is 1. The second-order valence-corrected chi connectivity index (χ2v) is 2.32. The fourth-order valence-electron chi connectivity index (χ4n) is 0.321. The van der Waals surface area contributed by atoms with Crippen LogP contribution in [0.2, 0.25) is 0 Å². The lowest BCUT2D eigenvalue weighted by atomic mass is 10.5. The number of aliphatic hydroxyl groups excluding tert-OH is 3. The van der Waals surface area contributed by atoms with Gasteiger partial charge in [0.25, 0.3) is 0 Å². The quantitative estimate of drug-likeness (QED) is 0.241. The maximum absolute atomic E-state index is 10.3. The number of carbonyl (C=O) groups is 2. The molecule has 0 fully saturated rings. The monoisotopic (exact) mass is 234 g/mol.